The highest BCUT2D eigenvalue weighted by Crippen LogP contribution is 2.17. The predicted molar refractivity (Wildman–Crippen MR) is 141 cm³/mol. The van der Waals surface area contributed by atoms with Crippen LogP contribution in [-0.2, 0) is 11.2 Å². The lowest BCUT2D eigenvalue weighted by Crippen LogP contribution is -2.51. The summed E-state index contributed by atoms with van der Waals surface area (Å²) in [6.45, 7) is 11.3. The second kappa shape index (κ2) is 12.3. The molecule has 1 saturated heterocycles. The second-order valence-corrected chi connectivity index (χ2v) is 8.84. The highest BCUT2D eigenvalue weighted by Gasteiger charge is 2.25. The molecule has 0 unspecified atom stereocenters. The number of hydrogen-bond acceptors (Lipinski definition) is 4. The number of aliphatic imine (C=N–C) groups is 1. The van der Waals surface area contributed by atoms with Gasteiger partial charge >= 0.3 is 6.09 Å². The van der Waals surface area contributed by atoms with Crippen molar-refractivity contribution in [3.63, 3.8) is 0 Å². The maximum Gasteiger partial charge on any atom is 0.410 e. The van der Waals surface area contributed by atoms with Gasteiger partial charge in [-0.05, 0) is 38.8 Å². The van der Waals surface area contributed by atoms with Crippen molar-refractivity contribution in [3.05, 3.63) is 36.0 Å². The number of hydrogen-bond donors (Lipinski definition) is 3. The van der Waals surface area contributed by atoms with Crippen LogP contribution in [0, 0.1) is 0 Å². The Morgan fingerprint density at radius 3 is 2.50 bits per heavy atom. The number of H-pyrrole nitrogens is 1. The van der Waals surface area contributed by atoms with Gasteiger partial charge in [0.25, 0.3) is 0 Å². The molecule has 0 bridgehead atoms. The fourth-order valence-corrected chi connectivity index (χ4v) is 3.69. The molecule has 2 heterocycles. The van der Waals surface area contributed by atoms with Crippen LogP contribution in [0.3, 0.4) is 0 Å². The zero-order chi connectivity index (χ0) is 22.3. The van der Waals surface area contributed by atoms with Crippen LogP contribution in [0.25, 0.3) is 10.9 Å². The van der Waals surface area contributed by atoms with Crippen LogP contribution in [0.15, 0.2) is 35.5 Å². The molecular formula is C23H37IN6O2. The molecule has 8 nitrogen and oxygen atoms in total. The van der Waals surface area contributed by atoms with E-state index in [0.717, 1.165) is 45.1 Å². The number of piperazine rings is 1. The van der Waals surface area contributed by atoms with Crippen LogP contribution in [0.1, 0.15) is 26.3 Å². The zero-order valence-corrected chi connectivity index (χ0v) is 21.9. The topological polar surface area (TPSA) is 85.0 Å². The van der Waals surface area contributed by atoms with Crippen molar-refractivity contribution in [2.75, 3.05) is 52.9 Å². The first-order chi connectivity index (χ1) is 14.9. The SMILES string of the molecule is CN=C(NCCc1c[nH]c2ccccc12)NCCN1CCN(C(=O)OC(C)(C)C)CC1.I. The number of ether oxygens (including phenoxy) is 1. The number of halogens is 1. The largest absolute Gasteiger partial charge is 0.444 e. The molecule has 1 fully saturated rings. The lowest BCUT2D eigenvalue weighted by molar-refractivity contribution is 0.0147. The van der Waals surface area contributed by atoms with E-state index in [-0.39, 0.29) is 30.1 Å². The number of fused-ring (bicyclic) bond motifs is 1. The van der Waals surface area contributed by atoms with Crippen LogP contribution >= 0.6 is 24.0 Å². The van der Waals surface area contributed by atoms with Crippen molar-refractivity contribution in [1.29, 1.82) is 0 Å². The summed E-state index contributed by atoms with van der Waals surface area (Å²) in [4.78, 5) is 24.0. The molecule has 9 heteroatoms. The van der Waals surface area contributed by atoms with Crippen LogP contribution in [0.2, 0.25) is 0 Å². The minimum atomic E-state index is -0.449. The van der Waals surface area contributed by atoms with E-state index in [9.17, 15) is 4.79 Å². The minimum absolute atomic E-state index is 0. The third-order valence-electron chi connectivity index (χ3n) is 5.33. The van der Waals surface area contributed by atoms with Gasteiger partial charge in [-0.3, -0.25) is 9.89 Å². The van der Waals surface area contributed by atoms with Gasteiger partial charge in [-0.15, -0.1) is 24.0 Å². The number of nitrogens with one attached hydrogen (secondary N) is 3. The number of nitrogens with zero attached hydrogens (tertiary/aromatic N) is 3. The molecule has 0 radical (unpaired) electrons. The second-order valence-electron chi connectivity index (χ2n) is 8.84. The monoisotopic (exact) mass is 556 g/mol. The lowest BCUT2D eigenvalue weighted by atomic mass is 10.1. The maximum absolute atomic E-state index is 12.2. The number of amides is 1. The molecule has 3 N–H and O–H groups in total. The highest BCUT2D eigenvalue weighted by atomic mass is 127. The number of aromatic amines is 1. The summed E-state index contributed by atoms with van der Waals surface area (Å²) < 4.78 is 5.46. The number of carbonyl (C=O) groups is 1. The van der Waals surface area contributed by atoms with E-state index in [1.165, 1.54) is 16.5 Å². The first-order valence-electron chi connectivity index (χ1n) is 11.1. The molecule has 1 amide bonds. The molecule has 1 aliphatic rings. The Balaban J connectivity index is 0.00000363. The third kappa shape index (κ3) is 7.84. The van der Waals surface area contributed by atoms with Crippen LogP contribution in [0.5, 0.6) is 0 Å². The van der Waals surface area contributed by atoms with E-state index >= 15 is 0 Å². The Morgan fingerprint density at radius 2 is 1.81 bits per heavy atom. The van der Waals surface area contributed by atoms with Crippen molar-refractivity contribution in [1.82, 2.24) is 25.4 Å². The van der Waals surface area contributed by atoms with E-state index in [0.29, 0.717) is 13.1 Å². The fraction of sp³-hybridized carbons (Fsp3) is 0.565. The molecule has 1 aromatic heterocycles. The van der Waals surface area contributed by atoms with Gasteiger partial charge in [0, 0.05) is 70.0 Å². The van der Waals surface area contributed by atoms with Gasteiger partial charge in [-0.25, -0.2) is 4.79 Å². The fourth-order valence-electron chi connectivity index (χ4n) is 3.69. The average Bonchev–Trinajstić information content (AvgIpc) is 3.15. The van der Waals surface area contributed by atoms with Crippen molar-refractivity contribution in [2.24, 2.45) is 4.99 Å². The van der Waals surface area contributed by atoms with E-state index in [2.05, 4.69) is 49.9 Å². The smallest absolute Gasteiger partial charge is 0.410 e. The predicted octanol–water partition coefficient (Wildman–Crippen LogP) is 3.05. The van der Waals surface area contributed by atoms with Crippen molar-refractivity contribution in [2.45, 2.75) is 32.8 Å². The Morgan fingerprint density at radius 1 is 1.12 bits per heavy atom. The molecule has 0 saturated carbocycles. The van der Waals surface area contributed by atoms with Crippen LogP contribution < -0.4 is 10.6 Å². The number of guanidine groups is 1. The highest BCUT2D eigenvalue weighted by molar-refractivity contribution is 14.0. The molecule has 2 aromatic rings. The van der Waals surface area contributed by atoms with E-state index in [4.69, 9.17) is 4.74 Å². The van der Waals surface area contributed by atoms with Gasteiger partial charge in [0.2, 0.25) is 0 Å². The Labute approximate surface area is 208 Å². The molecule has 178 valence electrons. The first kappa shape index (κ1) is 26.2. The minimum Gasteiger partial charge on any atom is -0.444 e. The zero-order valence-electron chi connectivity index (χ0n) is 19.6. The van der Waals surface area contributed by atoms with E-state index in [1.807, 2.05) is 26.8 Å². The van der Waals surface area contributed by atoms with Crippen LogP contribution in [0.4, 0.5) is 4.79 Å². The van der Waals surface area contributed by atoms with Crippen molar-refractivity contribution in [3.8, 4) is 0 Å². The van der Waals surface area contributed by atoms with E-state index in [1.54, 1.807) is 11.9 Å². The summed E-state index contributed by atoms with van der Waals surface area (Å²) in [6, 6.07) is 8.36. The summed E-state index contributed by atoms with van der Waals surface area (Å²) in [5.41, 5.74) is 2.03. The van der Waals surface area contributed by atoms with Crippen LogP contribution in [-0.4, -0.2) is 85.3 Å². The molecule has 0 spiro atoms. The first-order valence-corrected chi connectivity index (χ1v) is 11.1. The standard InChI is InChI=1S/C23H36N6O2.HI/c1-23(2,3)31-22(30)29-15-13-28(14-16-29)12-11-26-21(24-4)25-10-9-18-17-27-20-8-6-5-7-19(18)20;/h5-8,17,27H,9-16H2,1-4H3,(H2,24,25,26);1H. The molecule has 1 aromatic carbocycles. The van der Waals surface area contributed by atoms with Gasteiger partial charge < -0.3 is 25.3 Å². The molecule has 1 aliphatic heterocycles. The van der Waals surface area contributed by atoms with Crippen molar-refractivity contribution >= 4 is 46.9 Å². The molecule has 0 atom stereocenters. The number of aromatic nitrogens is 1. The molecule has 3 rings (SSSR count). The Bertz CT molecular complexity index is 884. The summed E-state index contributed by atoms with van der Waals surface area (Å²) in [6.07, 6.45) is 2.79. The summed E-state index contributed by atoms with van der Waals surface area (Å²) in [5.74, 6) is 0.812. The number of benzene rings is 1. The summed E-state index contributed by atoms with van der Waals surface area (Å²) in [5, 5.41) is 8.05. The normalized spacial score (nSPS) is 15.4. The summed E-state index contributed by atoms with van der Waals surface area (Å²) >= 11 is 0. The number of carbonyl (C=O) groups excluding carboxylic acids is 1. The third-order valence-corrected chi connectivity index (χ3v) is 5.33. The summed E-state index contributed by atoms with van der Waals surface area (Å²) in [7, 11) is 1.79. The van der Waals surface area contributed by atoms with E-state index < -0.39 is 5.60 Å². The van der Waals surface area contributed by atoms with Gasteiger partial charge in [0.15, 0.2) is 5.96 Å². The van der Waals surface area contributed by atoms with Gasteiger partial charge in [-0.1, -0.05) is 18.2 Å². The maximum atomic E-state index is 12.2. The number of para-hydroxylation sites is 1. The Kier molecular flexibility index (Phi) is 10.1. The quantitative estimate of drug-likeness (QED) is 0.290. The average molecular weight is 556 g/mol. The van der Waals surface area contributed by atoms with Crippen molar-refractivity contribution < 1.29 is 9.53 Å². The Hall–Kier alpha value is -2.01. The van der Waals surface area contributed by atoms with Gasteiger partial charge in [0.1, 0.15) is 5.60 Å². The number of rotatable bonds is 6. The molecule has 32 heavy (non-hydrogen) atoms. The molecule has 0 aliphatic carbocycles. The lowest BCUT2D eigenvalue weighted by Gasteiger charge is -2.35. The van der Waals surface area contributed by atoms with Gasteiger partial charge in [0.05, 0.1) is 0 Å². The molecular weight excluding hydrogens is 519 g/mol. The van der Waals surface area contributed by atoms with Gasteiger partial charge in [-0.2, -0.15) is 0 Å².